The largest absolute Gasteiger partial charge is 0.494 e. The van der Waals surface area contributed by atoms with Gasteiger partial charge < -0.3 is 15.8 Å². The molecule has 19 heavy (non-hydrogen) atoms. The first-order valence-corrected chi connectivity index (χ1v) is 5.88. The molecule has 0 saturated heterocycles. The predicted molar refractivity (Wildman–Crippen MR) is 71.2 cm³/mol. The van der Waals surface area contributed by atoms with Crippen molar-refractivity contribution in [2.24, 2.45) is 5.73 Å². The lowest BCUT2D eigenvalue weighted by Gasteiger charge is -2.13. The normalized spacial score (nSPS) is 11.7. The minimum absolute atomic E-state index is 0.104. The molecular weight excluding hydrogens is 250 g/mol. The Kier molecular flexibility index (Phi) is 5.25. The van der Waals surface area contributed by atoms with Crippen LogP contribution in [0.4, 0.5) is 11.4 Å². The SMILES string of the molecule is CCC[C@@H](N)C(=O)Nc1ccc([N+](=O)[O-])cc1OC. The molecule has 0 aliphatic carbocycles. The summed E-state index contributed by atoms with van der Waals surface area (Å²) in [5.74, 6) is -0.111. The number of rotatable bonds is 6. The Hall–Kier alpha value is -2.15. The zero-order valence-corrected chi connectivity index (χ0v) is 10.9. The number of nitro groups is 1. The number of nitro benzene ring substituents is 1. The Morgan fingerprint density at radius 1 is 1.58 bits per heavy atom. The van der Waals surface area contributed by atoms with E-state index < -0.39 is 11.0 Å². The first-order chi connectivity index (χ1) is 8.99. The number of nitrogens with two attached hydrogens (primary N) is 1. The van der Waals surface area contributed by atoms with Gasteiger partial charge in [-0.05, 0) is 12.5 Å². The summed E-state index contributed by atoms with van der Waals surface area (Å²) < 4.78 is 5.02. The highest BCUT2D eigenvalue weighted by Gasteiger charge is 2.16. The smallest absolute Gasteiger partial charge is 0.273 e. The molecule has 3 N–H and O–H groups in total. The number of hydrogen-bond donors (Lipinski definition) is 2. The number of anilines is 1. The molecule has 7 heteroatoms. The van der Waals surface area contributed by atoms with Crippen LogP contribution in [0, 0.1) is 10.1 Å². The monoisotopic (exact) mass is 267 g/mol. The van der Waals surface area contributed by atoms with E-state index in [1.54, 1.807) is 0 Å². The zero-order chi connectivity index (χ0) is 14.4. The molecular formula is C12H17N3O4. The van der Waals surface area contributed by atoms with Crippen LogP contribution in [-0.4, -0.2) is 24.0 Å². The highest BCUT2D eigenvalue weighted by atomic mass is 16.6. The number of amides is 1. The third-order valence-corrected chi connectivity index (χ3v) is 2.59. The van der Waals surface area contributed by atoms with Crippen molar-refractivity contribution in [1.29, 1.82) is 0 Å². The summed E-state index contributed by atoms with van der Waals surface area (Å²) in [4.78, 5) is 21.9. The molecule has 0 aliphatic heterocycles. The molecule has 0 unspecified atom stereocenters. The van der Waals surface area contributed by atoms with Gasteiger partial charge in [-0.3, -0.25) is 14.9 Å². The topological polar surface area (TPSA) is 107 Å². The molecule has 1 aromatic carbocycles. The van der Waals surface area contributed by atoms with Gasteiger partial charge in [-0.25, -0.2) is 0 Å². The van der Waals surface area contributed by atoms with Crippen molar-refractivity contribution in [2.45, 2.75) is 25.8 Å². The van der Waals surface area contributed by atoms with E-state index in [1.165, 1.54) is 25.3 Å². The Balaban J connectivity index is 2.89. The fourth-order valence-corrected chi connectivity index (χ4v) is 1.56. The first-order valence-electron chi connectivity index (χ1n) is 5.88. The van der Waals surface area contributed by atoms with E-state index >= 15 is 0 Å². The molecule has 0 radical (unpaired) electrons. The lowest BCUT2D eigenvalue weighted by Crippen LogP contribution is -2.35. The van der Waals surface area contributed by atoms with Crippen molar-refractivity contribution in [3.05, 3.63) is 28.3 Å². The number of hydrogen-bond acceptors (Lipinski definition) is 5. The predicted octanol–water partition coefficient (Wildman–Crippen LogP) is 1.67. The van der Waals surface area contributed by atoms with Gasteiger partial charge in [-0.1, -0.05) is 13.3 Å². The summed E-state index contributed by atoms with van der Waals surface area (Å²) in [6.45, 7) is 1.93. The maximum absolute atomic E-state index is 11.8. The molecule has 0 aromatic heterocycles. The molecule has 0 heterocycles. The minimum atomic E-state index is -0.607. The summed E-state index contributed by atoms with van der Waals surface area (Å²) in [6, 6.07) is 3.36. The third-order valence-electron chi connectivity index (χ3n) is 2.59. The van der Waals surface area contributed by atoms with E-state index in [4.69, 9.17) is 10.5 Å². The number of non-ortho nitro benzene ring substituents is 1. The molecule has 1 rings (SSSR count). The van der Waals surface area contributed by atoms with E-state index in [0.717, 1.165) is 6.42 Å². The van der Waals surface area contributed by atoms with Crippen LogP contribution in [0.25, 0.3) is 0 Å². The maximum Gasteiger partial charge on any atom is 0.273 e. The Morgan fingerprint density at radius 2 is 2.26 bits per heavy atom. The lowest BCUT2D eigenvalue weighted by atomic mass is 10.1. The van der Waals surface area contributed by atoms with Crippen molar-refractivity contribution < 1.29 is 14.5 Å². The number of nitrogens with one attached hydrogen (secondary N) is 1. The van der Waals surface area contributed by atoms with Gasteiger partial charge >= 0.3 is 0 Å². The van der Waals surface area contributed by atoms with Crippen LogP contribution in [0.3, 0.4) is 0 Å². The second-order valence-corrected chi connectivity index (χ2v) is 4.03. The number of carbonyl (C=O) groups is 1. The van der Waals surface area contributed by atoms with Crippen molar-refractivity contribution in [1.82, 2.24) is 0 Å². The van der Waals surface area contributed by atoms with Crippen molar-refractivity contribution in [3.8, 4) is 5.75 Å². The summed E-state index contributed by atoms with van der Waals surface area (Å²) in [7, 11) is 1.38. The van der Waals surface area contributed by atoms with Crippen LogP contribution in [-0.2, 0) is 4.79 Å². The second kappa shape index (κ2) is 6.69. The number of benzene rings is 1. The van der Waals surface area contributed by atoms with E-state index in [1.807, 2.05) is 6.92 Å². The standard InChI is InChI=1S/C12H17N3O4/c1-3-4-9(13)12(16)14-10-6-5-8(15(17)18)7-11(10)19-2/h5-7,9H,3-4,13H2,1-2H3,(H,14,16)/t9-/m1/s1. The highest BCUT2D eigenvalue weighted by molar-refractivity contribution is 5.96. The van der Waals surface area contributed by atoms with Gasteiger partial charge in [0, 0.05) is 6.07 Å². The van der Waals surface area contributed by atoms with Crippen molar-refractivity contribution in [2.75, 3.05) is 12.4 Å². The van der Waals surface area contributed by atoms with Gasteiger partial charge in [0.05, 0.1) is 29.8 Å². The van der Waals surface area contributed by atoms with Gasteiger partial charge in [-0.2, -0.15) is 0 Å². The maximum atomic E-state index is 11.8. The number of carbonyl (C=O) groups excluding carboxylic acids is 1. The van der Waals surface area contributed by atoms with Crippen LogP contribution in [0.2, 0.25) is 0 Å². The van der Waals surface area contributed by atoms with Gasteiger partial charge in [0.1, 0.15) is 5.75 Å². The summed E-state index contributed by atoms with van der Waals surface area (Å²) in [5.41, 5.74) is 5.95. The molecule has 0 bridgehead atoms. The number of nitrogens with zero attached hydrogens (tertiary/aromatic N) is 1. The number of methoxy groups -OCH3 is 1. The second-order valence-electron chi connectivity index (χ2n) is 4.03. The fraction of sp³-hybridized carbons (Fsp3) is 0.417. The van der Waals surface area contributed by atoms with E-state index in [2.05, 4.69) is 5.32 Å². The molecule has 0 spiro atoms. The van der Waals surface area contributed by atoms with Gasteiger partial charge in [-0.15, -0.1) is 0 Å². The molecule has 0 saturated carbocycles. The molecule has 1 amide bonds. The summed E-state index contributed by atoms with van der Waals surface area (Å²) in [5, 5.41) is 13.2. The van der Waals surface area contributed by atoms with E-state index in [9.17, 15) is 14.9 Å². The van der Waals surface area contributed by atoms with Crippen LogP contribution in [0.15, 0.2) is 18.2 Å². The van der Waals surface area contributed by atoms with Gasteiger partial charge in [0.15, 0.2) is 0 Å². The van der Waals surface area contributed by atoms with Crippen LogP contribution < -0.4 is 15.8 Å². The highest BCUT2D eigenvalue weighted by Crippen LogP contribution is 2.29. The molecule has 1 aromatic rings. The molecule has 1 atom stereocenters. The van der Waals surface area contributed by atoms with E-state index in [-0.39, 0.29) is 17.3 Å². The van der Waals surface area contributed by atoms with Crippen LogP contribution in [0.5, 0.6) is 5.75 Å². The summed E-state index contributed by atoms with van der Waals surface area (Å²) >= 11 is 0. The molecule has 0 fully saturated rings. The Labute approximate surface area is 110 Å². The van der Waals surface area contributed by atoms with Crippen LogP contribution in [0.1, 0.15) is 19.8 Å². The van der Waals surface area contributed by atoms with Crippen molar-refractivity contribution >= 4 is 17.3 Å². The molecule has 7 nitrogen and oxygen atoms in total. The summed E-state index contributed by atoms with van der Waals surface area (Å²) in [6.07, 6.45) is 1.37. The first kappa shape index (κ1) is 14.9. The van der Waals surface area contributed by atoms with Crippen LogP contribution >= 0.6 is 0 Å². The van der Waals surface area contributed by atoms with Gasteiger partial charge in [0.2, 0.25) is 5.91 Å². The lowest BCUT2D eigenvalue weighted by molar-refractivity contribution is -0.384. The zero-order valence-electron chi connectivity index (χ0n) is 10.9. The average molecular weight is 267 g/mol. The molecule has 0 aliphatic rings. The quantitative estimate of drug-likeness (QED) is 0.602. The van der Waals surface area contributed by atoms with E-state index in [0.29, 0.717) is 12.1 Å². The van der Waals surface area contributed by atoms with Gasteiger partial charge in [0.25, 0.3) is 5.69 Å². The fourth-order valence-electron chi connectivity index (χ4n) is 1.56. The Morgan fingerprint density at radius 3 is 2.79 bits per heavy atom. The third kappa shape index (κ3) is 3.92. The average Bonchev–Trinajstić information content (AvgIpc) is 2.39. The van der Waals surface area contributed by atoms with Crippen molar-refractivity contribution in [3.63, 3.8) is 0 Å². The number of ether oxygens (including phenoxy) is 1. The minimum Gasteiger partial charge on any atom is -0.494 e. The molecule has 104 valence electrons. The Bertz CT molecular complexity index is 476.